The summed E-state index contributed by atoms with van der Waals surface area (Å²) in [7, 11) is -4.00. The number of ether oxygens (including phenoxy) is 1. The largest absolute Gasteiger partial charge is 0.454 e. The molecule has 0 amide bonds. The third-order valence-electron chi connectivity index (χ3n) is 4.76. The number of anilines is 1. The lowest BCUT2D eigenvalue weighted by molar-refractivity contribution is 0.0475. The van der Waals surface area contributed by atoms with E-state index in [1.807, 2.05) is 12.1 Å². The maximum atomic E-state index is 13.3. The van der Waals surface area contributed by atoms with Crippen molar-refractivity contribution in [1.82, 2.24) is 0 Å². The Labute approximate surface area is 193 Å². The average Bonchev–Trinajstić information content (AvgIpc) is 3.38. The Balaban J connectivity index is 1.56. The first-order valence-electron chi connectivity index (χ1n) is 9.13. The van der Waals surface area contributed by atoms with E-state index in [9.17, 15) is 18.0 Å². The summed E-state index contributed by atoms with van der Waals surface area (Å²) in [5.41, 5.74) is 1.49. The van der Waals surface area contributed by atoms with Gasteiger partial charge in [-0.3, -0.25) is 9.10 Å². The second-order valence-corrected chi connectivity index (χ2v) is 10.7. The third-order valence-corrected chi connectivity index (χ3v) is 8.33. The van der Waals surface area contributed by atoms with Crippen LogP contribution in [0.1, 0.15) is 25.6 Å². The SMILES string of the molecule is O=C(OCC(=O)c1ccc(Cl)s1)c1ccc(Cl)c(S(=O)(=O)N2CCc3ccccc32)c1. The number of Topliss-reactive ketones (excluding diaryl/α,β-unsaturated/α-hetero) is 1. The maximum absolute atomic E-state index is 13.3. The van der Waals surface area contributed by atoms with E-state index in [4.69, 9.17) is 27.9 Å². The van der Waals surface area contributed by atoms with Gasteiger partial charge in [0.05, 0.1) is 25.5 Å². The summed E-state index contributed by atoms with van der Waals surface area (Å²) in [6.07, 6.45) is 0.587. The lowest BCUT2D eigenvalue weighted by Gasteiger charge is -2.20. The minimum absolute atomic E-state index is 0.00904. The Morgan fingerprint density at radius 3 is 2.58 bits per heavy atom. The molecule has 1 aliphatic heterocycles. The van der Waals surface area contributed by atoms with Crippen molar-refractivity contribution < 1.29 is 22.7 Å². The first-order chi connectivity index (χ1) is 14.8. The molecule has 10 heteroatoms. The molecule has 1 aliphatic rings. The van der Waals surface area contributed by atoms with Crippen molar-refractivity contribution in [3.8, 4) is 0 Å². The van der Waals surface area contributed by atoms with Crippen molar-refractivity contribution in [2.24, 2.45) is 0 Å². The maximum Gasteiger partial charge on any atom is 0.338 e. The zero-order valence-electron chi connectivity index (χ0n) is 15.9. The second kappa shape index (κ2) is 8.63. The Kier molecular flexibility index (Phi) is 6.07. The summed E-state index contributed by atoms with van der Waals surface area (Å²) in [6, 6.07) is 14.2. The van der Waals surface area contributed by atoms with Crippen molar-refractivity contribution in [2.75, 3.05) is 17.5 Å². The topological polar surface area (TPSA) is 80.8 Å². The lowest BCUT2D eigenvalue weighted by Crippen LogP contribution is -2.29. The number of esters is 1. The summed E-state index contributed by atoms with van der Waals surface area (Å²) >= 11 is 13.1. The molecule has 0 fully saturated rings. The van der Waals surface area contributed by atoms with Crippen LogP contribution in [0.4, 0.5) is 5.69 Å². The molecule has 0 radical (unpaired) electrons. The van der Waals surface area contributed by atoms with Crippen molar-refractivity contribution in [1.29, 1.82) is 0 Å². The summed E-state index contributed by atoms with van der Waals surface area (Å²) < 4.78 is 33.3. The van der Waals surface area contributed by atoms with Crippen LogP contribution in [0.5, 0.6) is 0 Å². The zero-order valence-corrected chi connectivity index (χ0v) is 19.0. The van der Waals surface area contributed by atoms with E-state index in [-0.39, 0.29) is 22.0 Å². The third kappa shape index (κ3) is 4.34. The highest BCUT2D eigenvalue weighted by Gasteiger charge is 2.32. The minimum atomic E-state index is -4.00. The number of thiophene rings is 1. The van der Waals surface area contributed by atoms with Crippen LogP contribution >= 0.6 is 34.5 Å². The van der Waals surface area contributed by atoms with Gasteiger partial charge in [0, 0.05) is 6.54 Å². The van der Waals surface area contributed by atoms with Crippen molar-refractivity contribution in [3.05, 3.63) is 80.0 Å². The second-order valence-electron chi connectivity index (χ2n) is 6.70. The number of fused-ring (bicyclic) bond motifs is 1. The Morgan fingerprint density at radius 2 is 1.84 bits per heavy atom. The van der Waals surface area contributed by atoms with Crippen molar-refractivity contribution >= 4 is 62.0 Å². The summed E-state index contributed by atoms with van der Waals surface area (Å²) in [4.78, 5) is 24.7. The molecule has 160 valence electrons. The van der Waals surface area contributed by atoms with Gasteiger partial charge in [-0.2, -0.15) is 0 Å². The zero-order chi connectivity index (χ0) is 22.2. The van der Waals surface area contributed by atoms with E-state index in [2.05, 4.69) is 0 Å². The molecular weight excluding hydrogens is 481 g/mol. The molecule has 2 aromatic carbocycles. The van der Waals surface area contributed by atoms with Crippen LogP contribution in [0.3, 0.4) is 0 Å². The highest BCUT2D eigenvalue weighted by molar-refractivity contribution is 7.93. The van der Waals surface area contributed by atoms with Gasteiger partial charge < -0.3 is 4.74 Å². The molecule has 2 heterocycles. The Hall–Kier alpha value is -2.39. The van der Waals surface area contributed by atoms with Crippen LogP contribution < -0.4 is 4.31 Å². The van der Waals surface area contributed by atoms with Gasteiger partial charge in [-0.25, -0.2) is 13.2 Å². The van der Waals surface area contributed by atoms with E-state index in [0.29, 0.717) is 21.3 Å². The number of carbonyl (C=O) groups is 2. The van der Waals surface area contributed by atoms with Gasteiger partial charge in [0.25, 0.3) is 10.0 Å². The van der Waals surface area contributed by atoms with Gasteiger partial charge >= 0.3 is 5.97 Å². The number of halogens is 2. The number of carbonyl (C=O) groups excluding carboxylic acids is 2. The van der Waals surface area contributed by atoms with Crippen LogP contribution in [-0.2, 0) is 21.2 Å². The molecule has 1 aromatic heterocycles. The molecule has 0 saturated heterocycles. The van der Waals surface area contributed by atoms with Crippen LogP contribution in [0.25, 0.3) is 0 Å². The summed E-state index contributed by atoms with van der Waals surface area (Å²) in [5.74, 6) is -1.23. The summed E-state index contributed by atoms with van der Waals surface area (Å²) in [5, 5.41) is -0.00904. The summed E-state index contributed by atoms with van der Waals surface area (Å²) in [6.45, 7) is -0.204. The molecule has 0 saturated carbocycles. The molecule has 0 atom stereocenters. The van der Waals surface area contributed by atoms with E-state index in [1.165, 1.54) is 22.5 Å². The van der Waals surface area contributed by atoms with E-state index >= 15 is 0 Å². The molecule has 0 unspecified atom stereocenters. The normalized spacial score (nSPS) is 13.2. The highest BCUT2D eigenvalue weighted by Crippen LogP contribution is 2.35. The molecule has 6 nitrogen and oxygen atoms in total. The van der Waals surface area contributed by atoms with Crippen LogP contribution in [0, 0.1) is 0 Å². The molecular formula is C21H15Cl2NO5S2. The van der Waals surface area contributed by atoms with E-state index in [0.717, 1.165) is 16.9 Å². The molecule has 0 N–H and O–H groups in total. The first-order valence-corrected chi connectivity index (χ1v) is 12.1. The number of nitrogens with zero attached hydrogens (tertiary/aromatic N) is 1. The van der Waals surface area contributed by atoms with Gasteiger partial charge in [-0.05, 0) is 48.4 Å². The number of benzene rings is 2. The van der Waals surface area contributed by atoms with Crippen molar-refractivity contribution in [3.63, 3.8) is 0 Å². The van der Waals surface area contributed by atoms with Gasteiger partial charge in [0.15, 0.2) is 6.61 Å². The Morgan fingerprint density at radius 1 is 1.06 bits per heavy atom. The first kappa shape index (κ1) is 21.8. The predicted molar refractivity (Wildman–Crippen MR) is 120 cm³/mol. The van der Waals surface area contributed by atoms with Gasteiger partial charge in [0.1, 0.15) is 4.90 Å². The lowest BCUT2D eigenvalue weighted by atomic mass is 10.2. The average molecular weight is 496 g/mol. The number of rotatable bonds is 6. The van der Waals surface area contributed by atoms with Gasteiger partial charge in [0.2, 0.25) is 5.78 Å². The van der Waals surface area contributed by atoms with Gasteiger partial charge in [-0.1, -0.05) is 41.4 Å². The van der Waals surface area contributed by atoms with Crippen LogP contribution in [-0.4, -0.2) is 33.3 Å². The minimum Gasteiger partial charge on any atom is -0.454 e. The number of para-hydroxylation sites is 1. The predicted octanol–water partition coefficient (Wildman–Crippen LogP) is 4.85. The number of ketones is 1. The van der Waals surface area contributed by atoms with Gasteiger partial charge in [-0.15, -0.1) is 11.3 Å². The number of hydrogen-bond acceptors (Lipinski definition) is 6. The molecule has 0 spiro atoms. The van der Waals surface area contributed by atoms with Crippen LogP contribution in [0.2, 0.25) is 9.36 Å². The molecule has 3 aromatic rings. The monoisotopic (exact) mass is 495 g/mol. The fourth-order valence-corrected chi connectivity index (χ4v) is 6.23. The highest BCUT2D eigenvalue weighted by atomic mass is 35.5. The smallest absolute Gasteiger partial charge is 0.338 e. The molecule has 31 heavy (non-hydrogen) atoms. The molecule has 4 rings (SSSR count). The fraction of sp³-hybridized carbons (Fsp3) is 0.143. The number of sulfonamides is 1. The van der Waals surface area contributed by atoms with E-state index in [1.54, 1.807) is 24.3 Å². The van der Waals surface area contributed by atoms with Crippen LogP contribution in [0.15, 0.2) is 59.5 Å². The molecule has 0 bridgehead atoms. The van der Waals surface area contributed by atoms with Crippen molar-refractivity contribution in [2.45, 2.75) is 11.3 Å². The quantitative estimate of drug-likeness (QED) is 0.360. The standard InChI is InChI=1S/C21H15Cl2NO5S2/c22-15-6-5-14(21(26)29-12-17(25)18-7-8-20(23)30-18)11-19(15)31(27,28)24-10-9-13-3-1-2-4-16(13)24/h1-8,11H,9-10,12H2. The Bertz CT molecular complexity index is 1290. The fourth-order valence-electron chi connectivity index (χ4n) is 3.25. The molecule has 0 aliphatic carbocycles. The number of hydrogen-bond donors (Lipinski definition) is 0. The van der Waals surface area contributed by atoms with E-state index < -0.39 is 28.4 Å².